The molecule has 0 aliphatic rings. The van der Waals surface area contributed by atoms with E-state index in [1.54, 1.807) is 6.08 Å². The monoisotopic (exact) mass is 430 g/mol. The van der Waals surface area contributed by atoms with Crippen LogP contribution >= 0.6 is 22.6 Å². The fraction of sp³-hybridized carbons (Fsp3) is 0.200. The lowest BCUT2D eigenvalue weighted by atomic mass is 10.0. The molecule has 0 aromatic heterocycles. The third kappa shape index (κ3) is 4.68. The van der Waals surface area contributed by atoms with Crippen molar-refractivity contribution in [1.29, 1.82) is 5.26 Å². The summed E-state index contributed by atoms with van der Waals surface area (Å²) in [7, 11) is 0. The molecule has 0 bridgehead atoms. The first-order valence-electron chi connectivity index (χ1n) is 7.70. The Labute approximate surface area is 156 Å². The van der Waals surface area contributed by atoms with Crippen molar-refractivity contribution in [1.82, 2.24) is 0 Å². The van der Waals surface area contributed by atoms with Crippen LogP contribution in [0.4, 0.5) is 5.69 Å². The van der Waals surface area contributed by atoms with E-state index in [0.29, 0.717) is 5.92 Å². The zero-order valence-corrected chi connectivity index (χ0v) is 16.1. The quantitative estimate of drug-likeness (QED) is 0.408. The number of rotatable bonds is 4. The van der Waals surface area contributed by atoms with Crippen molar-refractivity contribution >= 4 is 40.3 Å². The Morgan fingerprint density at radius 1 is 1.21 bits per heavy atom. The largest absolute Gasteiger partial charge is 0.321 e. The normalized spacial score (nSPS) is 11.2. The molecule has 3 nitrogen and oxygen atoms in total. The van der Waals surface area contributed by atoms with Gasteiger partial charge < -0.3 is 5.32 Å². The van der Waals surface area contributed by atoms with Gasteiger partial charge in [-0.3, -0.25) is 4.79 Å². The molecule has 0 saturated carbocycles. The van der Waals surface area contributed by atoms with Gasteiger partial charge in [0.2, 0.25) is 0 Å². The van der Waals surface area contributed by atoms with Crippen molar-refractivity contribution in [3.63, 3.8) is 0 Å². The van der Waals surface area contributed by atoms with Crippen molar-refractivity contribution in [3.8, 4) is 6.07 Å². The van der Waals surface area contributed by atoms with Gasteiger partial charge in [-0.15, -0.1) is 0 Å². The van der Waals surface area contributed by atoms with Crippen molar-refractivity contribution in [2.75, 3.05) is 5.32 Å². The predicted octanol–water partition coefficient (Wildman–Crippen LogP) is 5.27. The van der Waals surface area contributed by atoms with Gasteiger partial charge in [0.1, 0.15) is 11.6 Å². The van der Waals surface area contributed by atoms with Crippen molar-refractivity contribution in [3.05, 3.63) is 68.3 Å². The van der Waals surface area contributed by atoms with E-state index in [4.69, 9.17) is 0 Å². The molecule has 2 aromatic rings. The molecule has 2 rings (SSSR count). The minimum Gasteiger partial charge on any atom is -0.321 e. The van der Waals surface area contributed by atoms with E-state index in [2.05, 4.69) is 41.8 Å². The number of amides is 1. The summed E-state index contributed by atoms with van der Waals surface area (Å²) in [5.74, 6) is 0.0559. The van der Waals surface area contributed by atoms with Crippen LogP contribution in [0.5, 0.6) is 0 Å². The maximum absolute atomic E-state index is 12.4. The summed E-state index contributed by atoms with van der Waals surface area (Å²) < 4.78 is 1.10. The van der Waals surface area contributed by atoms with Crippen LogP contribution in [0.3, 0.4) is 0 Å². The first kappa shape index (κ1) is 18.2. The second-order valence-electron chi connectivity index (χ2n) is 5.90. The number of halogens is 1. The molecule has 0 fully saturated rings. The first-order chi connectivity index (χ1) is 11.4. The van der Waals surface area contributed by atoms with Crippen LogP contribution in [0.15, 0.2) is 48.0 Å². The molecule has 0 spiro atoms. The zero-order chi connectivity index (χ0) is 17.7. The van der Waals surface area contributed by atoms with Gasteiger partial charge in [0, 0.05) is 9.26 Å². The van der Waals surface area contributed by atoms with Gasteiger partial charge in [-0.1, -0.05) is 38.1 Å². The summed E-state index contributed by atoms with van der Waals surface area (Å²) in [4.78, 5) is 12.4. The lowest BCUT2D eigenvalue weighted by Gasteiger charge is -2.08. The van der Waals surface area contributed by atoms with Crippen molar-refractivity contribution < 1.29 is 4.79 Å². The zero-order valence-electron chi connectivity index (χ0n) is 13.9. The number of benzene rings is 2. The Bertz CT molecular complexity index is 815. The number of anilines is 1. The lowest BCUT2D eigenvalue weighted by molar-refractivity contribution is -0.112. The van der Waals surface area contributed by atoms with Crippen LogP contribution in [-0.2, 0) is 4.79 Å². The highest BCUT2D eigenvalue weighted by Gasteiger charge is 2.11. The summed E-state index contributed by atoms with van der Waals surface area (Å²) in [6, 6.07) is 15.6. The standard InChI is InChI=1S/C20H19IN2O/c1-13(2)16-6-4-15(5-7-16)11-17(12-22)20(24)23-19-9-8-18(21)10-14(19)3/h4-11,13H,1-3H3,(H,23,24). The molecule has 24 heavy (non-hydrogen) atoms. The number of carbonyl (C=O) groups is 1. The van der Waals surface area contributed by atoms with Gasteiger partial charge in [0.05, 0.1) is 0 Å². The molecule has 0 unspecified atom stereocenters. The van der Waals surface area contributed by atoms with Gasteiger partial charge >= 0.3 is 0 Å². The maximum Gasteiger partial charge on any atom is 0.266 e. The van der Waals surface area contributed by atoms with Crippen molar-refractivity contribution in [2.45, 2.75) is 26.7 Å². The van der Waals surface area contributed by atoms with E-state index in [1.165, 1.54) is 5.56 Å². The number of nitrogens with zero attached hydrogens (tertiary/aromatic N) is 1. The van der Waals surface area contributed by atoms with E-state index in [0.717, 1.165) is 20.4 Å². The van der Waals surface area contributed by atoms with Crippen LogP contribution in [0.25, 0.3) is 6.08 Å². The van der Waals surface area contributed by atoms with Gasteiger partial charge in [-0.05, 0) is 76.4 Å². The Kier molecular flexibility index (Phi) is 6.16. The molecule has 0 saturated heterocycles. The topological polar surface area (TPSA) is 52.9 Å². The van der Waals surface area contributed by atoms with Crippen LogP contribution in [0, 0.1) is 21.8 Å². The smallest absolute Gasteiger partial charge is 0.266 e. The molecule has 2 aromatic carbocycles. The Morgan fingerprint density at radius 3 is 2.42 bits per heavy atom. The van der Waals surface area contributed by atoms with E-state index in [1.807, 2.05) is 55.5 Å². The van der Waals surface area contributed by atoms with Crippen LogP contribution < -0.4 is 5.32 Å². The number of aryl methyl sites for hydroxylation is 1. The second-order valence-corrected chi connectivity index (χ2v) is 7.15. The molecular weight excluding hydrogens is 411 g/mol. The number of hydrogen-bond donors (Lipinski definition) is 1. The first-order valence-corrected chi connectivity index (χ1v) is 8.78. The highest BCUT2D eigenvalue weighted by Crippen LogP contribution is 2.19. The third-order valence-corrected chi connectivity index (χ3v) is 4.39. The number of hydrogen-bond acceptors (Lipinski definition) is 2. The highest BCUT2D eigenvalue weighted by atomic mass is 127. The lowest BCUT2D eigenvalue weighted by Crippen LogP contribution is -2.14. The van der Waals surface area contributed by atoms with E-state index in [-0.39, 0.29) is 5.57 Å². The summed E-state index contributed by atoms with van der Waals surface area (Å²) in [5.41, 5.74) is 3.84. The molecule has 0 aliphatic heterocycles. The van der Waals surface area contributed by atoms with E-state index < -0.39 is 5.91 Å². The fourth-order valence-corrected chi connectivity index (χ4v) is 2.90. The molecule has 1 N–H and O–H groups in total. The van der Waals surface area contributed by atoms with Gasteiger partial charge in [-0.25, -0.2) is 0 Å². The Morgan fingerprint density at radius 2 is 1.88 bits per heavy atom. The minimum absolute atomic E-state index is 0.0882. The number of carbonyl (C=O) groups excluding carboxylic acids is 1. The highest BCUT2D eigenvalue weighted by molar-refractivity contribution is 14.1. The van der Waals surface area contributed by atoms with E-state index >= 15 is 0 Å². The molecular formula is C20H19IN2O. The Hall–Kier alpha value is -2.13. The molecule has 4 heteroatoms. The Balaban J connectivity index is 2.20. The summed E-state index contributed by atoms with van der Waals surface area (Å²) in [6.45, 7) is 6.18. The molecule has 1 amide bonds. The van der Waals surface area contributed by atoms with Gasteiger partial charge in [-0.2, -0.15) is 5.26 Å². The number of nitriles is 1. The predicted molar refractivity (Wildman–Crippen MR) is 107 cm³/mol. The van der Waals surface area contributed by atoms with Gasteiger partial charge in [0.25, 0.3) is 5.91 Å². The average Bonchev–Trinajstić information content (AvgIpc) is 2.55. The average molecular weight is 430 g/mol. The SMILES string of the molecule is Cc1cc(I)ccc1NC(=O)C(C#N)=Cc1ccc(C(C)C)cc1. The summed E-state index contributed by atoms with van der Waals surface area (Å²) >= 11 is 2.22. The third-order valence-electron chi connectivity index (χ3n) is 3.72. The minimum atomic E-state index is -0.394. The van der Waals surface area contributed by atoms with Crippen molar-refractivity contribution in [2.24, 2.45) is 0 Å². The molecule has 122 valence electrons. The fourth-order valence-electron chi connectivity index (χ4n) is 2.25. The molecule has 0 atom stereocenters. The molecule has 0 heterocycles. The van der Waals surface area contributed by atoms with E-state index in [9.17, 15) is 10.1 Å². The van der Waals surface area contributed by atoms with Gasteiger partial charge in [0.15, 0.2) is 0 Å². The number of nitrogens with one attached hydrogen (secondary N) is 1. The summed E-state index contributed by atoms with van der Waals surface area (Å²) in [5, 5.41) is 12.1. The van der Waals surface area contributed by atoms with Crippen LogP contribution in [0.2, 0.25) is 0 Å². The van der Waals surface area contributed by atoms with Crippen LogP contribution in [-0.4, -0.2) is 5.91 Å². The maximum atomic E-state index is 12.4. The second kappa shape index (κ2) is 8.11. The molecule has 0 radical (unpaired) electrons. The molecule has 0 aliphatic carbocycles. The summed E-state index contributed by atoms with van der Waals surface area (Å²) in [6.07, 6.45) is 1.61. The van der Waals surface area contributed by atoms with Crippen LogP contribution in [0.1, 0.15) is 36.5 Å².